The van der Waals surface area contributed by atoms with Gasteiger partial charge in [0, 0.05) is 32.7 Å². The van der Waals surface area contributed by atoms with E-state index in [4.69, 9.17) is 27.9 Å². The summed E-state index contributed by atoms with van der Waals surface area (Å²) in [5, 5.41) is 3.75. The van der Waals surface area contributed by atoms with Crippen molar-refractivity contribution in [2.24, 2.45) is 0 Å². The fourth-order valence-corrected chi connectivity index (χ4v) is 7.34. The van der Waals surface area contributed by atoms with Gasteiger partial charge in [0.15, 0.2) is 0 Å². The molecule has 0 bridgehead atoms. The third-order valence-electron chi connectivity index (χ3n) is 7.63. The maximum atomic E-state index is 14.2. The standard InChI is InChI=1S/C32H36BrCl2N3O5S/c1-3-43-26-16-14-25(15-17-26)38(44(41,42)27-18-12-23(33)13-19-27)21-31(39)37(20-28-29(34)10-7-11-30(28)35)22(2)32(40)36-24-8-5-4-6-9-24/h7,10-19,22,24H,3-6,8-9,20-21H2,1-2H3,(H,36,40)/t22-/m1/s1. The molecule has 0 spiro atoms. The van der Waals surface area contributed by atoms with Crippen molar-refractivity contribution >= 4 is 66.7 Å². The Morgan fingerprint density at radius 3 is 2.18 bits per heavy atom. The van der Waals surface area contributed by atoms with Crippen LogP contribution in [0.15, 0.2) is 76.1 Å². The van der Waals surface area contributed by atoms with Gasteiger partial charge in [0.05, 0.1) is 17.2 Å². The minimum atomic E-state index is -4.21. The molecule has 1 atom stereocenters. The second-order valence-corrected chi connectivity index (χ2v) is 14.2. The second-order valence-electron chi connectivity index (χ2n) is 10.6. The number of benzene rings is 3. The van der Waals surface area contributed by atoms with E-state index in [2.05, 4.69) is 21.2 Å². The number of rotatable bonds is 12. The molecule has 236 valence electrons. The molecule has 1 aliphatic rings. The largest absolute Gasteiger partial charge is 0.494 e. The van der Waals surface area contributed by atoms with E-state index >= 15 is 0 Å². The number of halogens is 3. The van der Waals surface area contributed by atoms with Gasteiger partial charge in [-0.15, -0.1) is 0 Å². The summed E-state index contributed by atoms with van der Waals surface area (Å²) in [5.74, 6) is -0.356. The van der Waals surface area contributed by atoms with Gasteiger partial charge in [-0.2, -0.15) is 0 Å². The van der Waals surface area contributed by atoms with E-state index in [1.54, 1.807) is 61.5 Å². The van der Waals surface area contributed by atoms with Gasteiger partial charge in [-0.1, -0.05) is 64.5 Å². The number of ether oxygens (including phenoxy) is 1. The minimum absolute atomic E-state index is 0.00572. The Bertz CT molecular complexity index is 1530. The van der Waals surface area contributed by atoms with Gasteiger partial charge in [-0.05, 0) is 87.4 Å². The first-order valence-corrected chi connectivity index (χ1v) is 17.5. The molecular weight excluding hydrogens is 689 g/mol. The van der Waals surface area contributed by atoms with Crippen molar-refractivity contribution in [1.29, 1.82) is 0 Å². The van der Waals surface area contributed by atoms with Crippen LogP contribution in [0.5, 0.6) is 5.75 Å². The van der Waals surface area contributed by atoms with Gasteiger partial charge in [0.25, 0.3) is 10.0 Å². The minimum Gasteiger partial charge on any atom is -0.494 e. The topological polar surface area (TPSA) is 96.0 Å². The maximum Gasteiger partial charge on any atom is 0.264 e. The Labute approximate surface area is 277 Å². The van der Waals surface area contributed by atoms with E-state index in [0.29, 0.717) is 32.4 Å². The van der Waals surface area contributed by atoms with Crippen LogP contribution in [0.4, 0.5) is 5.69 Å². The normalized spacial score (nSPS) is 14.5. The Kier molecular flexibility index (Phi) is 12.0. The van der Waals surface area contributed by atoms with Crippen molar-refractivity contribution < 1.29 is 22.7 Å². The predicted octanol–water partition coefficient (Wildman–Crippen LogP) is 7.22. The molecule has 1 saturated carbocycles. The SMILES string of the molecule is CCOc1ccc(N(CC(=O)N(Cc2c(Cl)cccc2Cl)[C@H](C)C(=O)NC2CCCCC2)S(=O)(=O)c2ccc(Br)cc2)cc1. The third kappa shape index (κ3) is 8.47. The van der Waals surface area contributed by atoms with Crippen molar-refractivity contribution in [2.75, 3.05) is 17.5 Å². The lowest BCUT2D eigenvalue weighted by Gasteiger charge is -2.33. The highest BCUT2D eigenvalue weighted by Crippen LogP contribution is 2.30. The number of anilines is 1. The molecule has 0 heterocycles. The summed E-state index contributed by atoms with van der Waals surface area (Å²) < 4.78 is 35.4. The average Bonchev–Trinajstić information content (AvgIpc) is 3.00. The molecule has 2 amide bonds. The van der Waals surface area contributed by atoms with Gasteiger partial charge in [0.1, 0.15) is 18.3 Å². The highest BCUT2D eigenvalue weighted by atomic mass is 79.9. The number of sulfonamides is 1. The van der Waals surface area contributed by atoms with E-state index in [9.17, 15) is 18.0 Å². The monoisotopic (exact) mass is 723 g/mol. The quantitative estimate of drug-likeness (QED) is 0.213. The van der Waals surface area contributed by atoms with Crippen LogP contribution in [0.1, 0.15) is 51.5 Å². The van der Waals surface area contributed by atoms with Crippen molar-refractivity contribution in [3.63, 3.8) is 0 Å². The molecule has 0 aromatic heterocycles. The van der Waals surface area contributed by atoms with Crippen molar-refractivity contribution in [1.82, 2.24) is 10.2 Å². The van der Waals surface area contributed by atoms with Gasteiger partial charge in [-0.3, -0.25) is 13.9 Å². The maximum absolute atomic E-state index is 14.2. The highest BCUT2D eigenvalue weighted by Gasteiger charge is 2.34. The van der Waals surface area contributed by atoms with E-state index in [0.717, 1.165) is 36.4 Å². The highest BCUT2D eigenvalue weighted by molar-refractivity contribution is 9.10. The molecular formula is C32H36BrCl2N3O5S. The summed E-state index contributed by atoms with van der Waals surface area (Å²) in [6.45, 7) is 3.26. The summed E-state index contributed by atoms with van der Waals surface area (Å²) >= 11 is 16.3. The van der Waals surface area contributed by atoms with E-state index in [1.165, 1.54) is 17.0 Å². The molecule has 44 heavy (non-hydrogen) atoms. The molecule has 3 aromatic carbocycles. The molecule has 0 radical (unpaired) electrons. The molecule has 0 saturated heterocycles. The van der Waals surface area contributed by atoms with Crippen molar-refractivity contribution in [3.8, 4) is 5.75 Å². The van der Waals surface area contributed by atoms with Crippen molar-refractivity contribution in [3.05, 3.63) is 86.8 Å². The molecule has 0 unspecified atom stereocenters. The lowest BCUT2D eigenvalue weighted by Crippen LogP contribution is -2.53. The van der Waals surface area contributed by atoms with Crippen molar-refractivity contribution in [2.45, 2.75) is 69.5 Å². The zero-order valence-corrected chi connectivity index (χ0v) is 28.6. The summed E-state index contributed by atoms with van der Waals surface area (Å²) in [6, 6.07) is 16.7. The van der Waals surface area contributed by atoms with Crippen LogP contribution in [0, 0.1) is 0 Å². The summed E-state index contributed by atoms with van der Waals surface area (Å²) in [4.78, 5) is 29.1. The van der Waals surface area contributed by atoms with E-state index in [-0.39, 0.29) is 29.1 Å². The molecule has 3 aromatic rings. The lowest BCUT2D eigenvalue weighted by atomic mass is 9.95. The zero-order chi connectivity index (χ0) is 31.9. The van der Waals surface area contributed by atoms with Crippen LogP contribution in [0.25, 0.3) is 0 Å². The van der Waals surface area contributed by atoms with Gasteiger partial charge in [0.2, 0.25) is 11.8 Å². The Hall–Kier alpha value is -2.79. The number of amides is 2. The van der Waals surface area contributed by atoms with E-state index in [1.807, 2.05) is 6.92 Å². The van der Waals surface area contributed by atoms with Crippen LogP contribution >= 0.6 is 39.1 Å². The van der Waals surface area contributed by atoms with Crippen LogP contribution < -0.4 is 14.4 Å². The smallest absolute Gasteiger partial charge is 0.264 e. The average molecular weight is 726 g/mol. The van der Waals surface area contributed by atoms with Gasteiger partial charge in [-0.25, -0.2) is 8.42 Å². The number of carbonyl (C=O) groups is 2. The number of hydrogen-bond donors (Lipinski definition) is 1. The fourth-order valence-electron chi connectivity index (χ4n) is 5.14. The molecule has 12 heteroatoms. The first-order chi connectivity index (χ1) is 21.0. The molecule has 1 aliphatic carbocycles. The van der Waals surface area contributed by atoms with Crippen LogP contribution in [0.3, 0.4) is 0 Å². The van der Waals surface area contributed by atoms with Gasteiger partial charge >= 0.3 is 0 Å². The number of carbonyl (C=O) groups excluding carboxylic acids is 2. The number of hydrogen-bond acceptors (Lipinski definition) is 5. The number of nitrogens with zero attached hydrogens (tertiary/aromatic N) is 2. The Balaban J connectivity index is 1.71. The third-order valence-corrected chi connectivity index (χ3v) is 10.7. The Morgan fingerprint density at radius 1 is 0.977 bits per heavy atom. The molecule has 1 N–H and O–H groups in total. The van der Waals surface area contributed by atoms with Gasteiger partial charge < -0.3 is 15.0 Å². The first kappa shape index (κ1) is 34.1. The summed E-state index contributed by atoms with van der Waals surface area (Å²) in [5.41, 5.74) is 0.727. The fraction of sp³-hybridized carbons (Fsp3) is 0.375. The van der Waals surface area contributed by atoms with E-state index < -0.39 is 28.5 Å². The molecule has 4 rings (SSSR count). The Morgan fingerprint density at radius 2 is 1.59 bits per heavy atom. The molecule has 8 nitrogen and oxygen atoms in total. The summed E-state index contributed by atoms with van der Waals surface area (Å²) in [7, 11) is -4.21. The molecule has 0 aliphatic heterocycles. The number of nitrogens with one attached hydrogen (secondary N) is 1. The lowest BCUT2D eigenvalue weighted by molar-refractivity contribution is -0.139. The molecule has 1 fully saturated rings. The second kappa shape index (κ2) is 15.5. The zero-order valence-electron chi connectivity index (χ0n) is 24.6. The first-order valence-electron chi connectivity index (χ1n) is 14.5. The van der Waals surface area contributed by atoms with Crippen LogP contribution in [-0.2, 0) is 26.2 Å². The summed E-state index contributed by atoms with van der Waals surface area (Å²) in [6.07, 6.45) is 4.94. The predicted molar refractivity (Wildman–Crippen MR) is 178 cm³/mol. The van der Waals surface area contributed by atoms with Crippen LogP contribution in [0.2, 0.25) is 10.0 Å². The van der Waals surface area contributed by atoms with Crippen LogP contribution in [-0.4, -0.2) is 50.4 Å².